The van der Waals surface area contributed by atoms with Gasteiger partial charge in [0.25, 0.3) is 0 Å². The van der Waals surface area contributed by atoms with Crippen LogP contribution in [0.25, 0.3) is 10.9 Å². The number of hydrogen-bond acceptors (Lipinski definition) is 5. The number of methoxy groups -OCH3 is 1. The second-order valence-electron chi connectivity index (χ2n) is 7.30. The minimum atomic E-state index is -0.180. The molecular formula is C21H26FN5O. The SMILES string of the molecule is COc1ncc(C)c(N2CCN(CCCc3c[nH]c4ccc(F)cc34)CC2)n1. The van der Waals surface area contributed by atoms with Crippen molar-refractivity contribution in [2.24, 2.45) is 0 Å². The highest BCUT2D eigenvalue weighted by Gasteiger charge is 2.20. The van der Waals surface area contributed by atoms with Crippen molar-refractivity contribution in [1.29, 1.82) is 0 Å². The molecule has 1 N–H and O–H groups in total. The first-order valence-corrected chi connectivity index (χ1v) is 9.74. The predicted molar refractivity (Wildman–Crippen MR) is 109 cm³/mol. The highest BCUT2D eigenvalue weighted by atomic mass is 19.1. The number of ether oxygens (including phenoxy) is 1. The molecule has 0 unspecified atom stereocenters. The van der Waals surface area contributed by atoms with Crippen molar-refractivity contribution in [2.45, 2.75) is 19.8 Å². The number of nitrogens with one attached hydrogen (secondary N) is 1. The van der Waals surface area contributed by atoms with Gasteiger partial charge in [0.05, 0.1) is 7.11 Å². The number of aryl methyl sites for hydroxylation is 2. The van der Waals surface area contributed by atoms with Gasteiger partial charge >= 0.3 is 6.01 Å². The van der Waals surface area contributed by atoms with Crippen molar-refractivity contribution >= 4 is 16.7 Å². The zero-order valence-corrected chi connectivity index (χ0v) is 16.4. The second kappa shape index (κ2) is 8.14. The average molecular weight is 383 g/mol. The third kappa shape index (κ3) is 3.94. The number of benzene rings is 1. The zero-order chi connectivity index (χ0) is 19.5. The van der Waals surface area contributed by atoms with E-state index in [1.807, 2.05) is 19.3 Å². The normalized spacial score (nSPS) is 15.3. The smallest absolute Gasteiger partial charge is 0.318 e. The molecule has 6 nitrogen and oxygen atoms in total. The van der Waals surface area contributed by atoms with Crippen LogP contribution in [0.2, 0.25) is 0 Å². The lowest BCUT2D eigenvalue weighted by Crippen LogP contribution is -2.47. The maximum absolute atomic E-state index is 13.5. The number of aromatic nitrogens is 3. The van der Waals surface area contributed by atoms with Crippen LogP contribution in [0.1, 0.15) is 17.5 Å². The molecule has 0 aliphatic carbocycles. The molecule has 3 aromatic rings. The summed E-state index contributed by atoms with van der Waals surface area (Å²) < 4.78 is 18.7. The molecule has 0 radical (unpaired) electrons. The Labute approximate surface area is 164 Å². The molecule has 1 aliphatic rings. The molecule has 0 bridgehead atoms. The van der Waals surface area contributed by atoms with Gasteiger partial charge in [-0.25, -0.2) is 9.37 Å². The maximum Gasteiger partial charge on any atom is 0.318 e. The van der Waals surface area contributed by atoms with Crippen LogP contribution in [-0.2, 0) is 6.42 Å². The Balaban J connectivity index is 1.29. The van der Waals surface area contributed by atoms with Gasteiger partial charge in [-0.2, -0.15) is 4.98 Å². The largest absolute Gasteiger partial charge is 0.467 e. The monoisotopic (exact) mass is 383 g/mol. The molecule has 1 aromatic carbocycles. The average Bonchev–Trinajstić information content (AvgIpc) is 3.11. The van der Waals surface area contributed by atoms with Gasteiger partial charge in [0, 0.05) is 55.0 Å². The lowest BCUT2D eigenvalue weighted by molar-refractivity contribution is 0.254. The number of anilines is 1. The van der Waals surface area contributed by atoms with Gasteiger partial charge in [0.15, 0.2) is 0 Å². The van der Waals surface area contributed by atoms with E-state index in [1.54, 1.807) is 19.2 Å². The highest BCUT2D eigenvalue weighted by molar-refractivity contribution is 5.83. The van der Waals surface area contributed by atoms with E-state index in [9.17, 15) is 4.39 Å². The molecular weight excluding hydrogens is 357 g/mol. The van der Waals surface area contributed by atoms with Crippen LogP contribution in [0.4, 0.5) is 10.2 Å². The third-order valence-corrected chi connectivity index (χ3v) is 5.43. The van der Waals surface area contributed by atoms with Gasteiger partial charge < -0.3 is 14.6 Å². The van der Waals surface area contributed by atoms with E-state index in [1.165, 1.54) is 11.6 Å². The van der Waals surface area contributed by atoms with Crippen LogP contribution in [0.3, 0.4) is 0 Å². The Morgan fingerprint density at radius 2 is 2.04 bits per heavy atom. The summed E-state index contributed by atoms with van der Waals surface area (Å²) in [6.07, 6.45) is 5.83. The summed E-state index contributed by atoms with van der Waals surface area (Å²) in [4.78, 5) is 16.7. The molecule has 0 saturated carbocycles. The molecule has 1 saturated heterocycles. The Kier molecular flexibility index (Phi) is 5.43. The minimum absolute atomic E-state index is 0.180. The first-order valence-electron chi connectivity index (χ1n) is 9.74. The lowest BCUT2D eigenvalue weighted by Gasteiger charge is -2.36. The number of fused-ring (bicyclic) bond motifs is 1. The van der Waals surface area contributed by atoms with Crippen molar-refractivity contribution in [3.8, 4) is 6.01 Å². The van der Waals surface area contributed by atoms with E-state index >= 15 is 0 Å². The second-order valence-corrected chi connectivity index (χ2v) is 7.30. The van der Waals surface area contributed by atoms with E-state index in [0.29, 0.717) is 6.01 Å². The summed E-state index contributed by atoms with van der Waals surface area (Å²) in [7, 11) is 1.59. The van der Waals surface area contributed by atoms with E-state index in [0.717, 1.165) is 67.8 Å². The molecule has 0 atom stereocenters. The van der Waals surface area contributed by atoms with Crippen molar-refractivity contribution in [2.75, 3.05) is 44.7 Å². The Morgan fingerprint density at radius 1 is 1.21 bits per heavy atom. The quantitative estimate of drug-likeness (QED) is 0.709. The lowest BCUT2D eigenvalue weighted by atomic mass is 10.1. The summed E-state index contributed by atoms with van der Waals surface area (Å²) in [6.45, 7) is 6.98. The zero-order valence-electron chi connectivity index (χ0n) is 16.4. The Hall–Kier alpha value is -2.67. The highest BCUT2D eigenvalue weighted by Crippen LogP contribution is 2.22. The fourth-order valence-electron chi connectivity index (χ4n) is 3.87. The van der Waals surface area contributed by atoms with Crippen LogP contribution in [0, 0.1) is 12.7 Å². The first kappa shape index (κ1) is 18.7. The van der Waals surface area contributed by atoms with Gasteiger partial charge in [0.1, 0.15) is 11.6 Å². The maximum atomic E-state index is 13.5. The number of H-pyrrole nitrogens is 1. The van der Waals surface area contributed by atoms with Crippen LogP contribution < -0.4 is 9.64 Å². The van der Waals surface area contributed by atoms with Crippen molar-refractivity contribution < 1.29 is 9.13 Å². The molecule has 4 rings (SSSR count). The predicted octanol–water partition coefficient (Wildman–Crippen LogP) is 3.17. The van der Waals surface area contributed by atoms with Crippen LogP contribution in [-0.4, -0.2) is 59.7 Å². The summed E-state index contributed by atoms with van der Waals surface area (Å²) in [5, 5.41) is 0.998. The molecule has 148 valence electrons. The topological polar surface area (TPSA) is 57.3 Å². The Bertz CT molecular complexity index is 949. The number of aromatic amines is 1. The van der Waals surface area contributed by atoms with Crippen molar-refractivity contribution in [1.82, 2.24) is 19.9 Å². The number of piperazine rings is 1. The van der Waals surface area contributed by atoms with Crippen molar-refractivity contribution in [3.63, 3.8) is 0 Å². The molecule has 1 fully saturated rings. The van der Waals surface area contributed by atoms with Crippen molar-refractivity contribution in [3.05, 3.63) is 47.5 Å². The summed E-state index contributed by atoms with van der Waals surface area (Å²) in [5.41, 5.74) is 3.26. The van der Waals surface area contributed by atoms with Gasteiger partial charge in [0.2, 0.25) is 0 Å². The molecule has 3 heterocycles. The van der Waals surface area contributed by atoms with E-state index in [4.69, 9.17) is 4.74 Å². The van der Waals surface area contributed by atoms with Crippen LogP contribution >= 0.6 is 0 Å². The first-order chi connectivity index (χ1) is 13.6. The van der Waals surface area contributed by atoms with E-state index in [-0.39, 0.29) is 5.82 Å². The third-order valence-electron chi connectivity index (χ3n) is 5.43. The molecule has 0 spiro atoms. The number of nitrogens with zero attached hydrogens (tertiary/aromatic N) is 4. The van der Waals surface area contributed by atoms with Crippen LogP contribution in [0.5, 0.6) is 6.01 Å². The molecule has 2 aromatic heterocycles. The van der Waals surface area contributed by atoms with Gasteiger partial charge in [-0.05, 0) is 50.1 Å². The number of hydrogen-bond donors (Lipinski definition) is 1. The molecule has 7 heteroatoms. The number of rotatable bonds is 6. The Morgan fingerprint density at radius 3 is 2.82 bits per heavy atom. The van der Waals surface area contributed by atoms with Gasteiger partial charge in [-0.15, -0.1) is 0 Å². The van der Waals surface area contributed by atoms with Gasteiger partial charge in [-0.1, -0.05) is 0 Å². The summed E-state index contributed by atoms with van der Waals surface area (Å²) in [5.74, 6) is 0.786. The fraction of sp³-hybridized carbons (Fsp3) is 0.429. The van der Waals surface area contributed by atoms with Crippen LogP contribution in [0.15, 0.2) is 30.6 Å². The standard InChI is InChI=1S/C21H26FN5O/c1-15-13-24-21(28-2)25-20(15)27-10-8-26(9-11-27)7-3-4-16-14-23-19-6-5-17(22)12-18(16)19/h5-6,12-14,23H,3-4,7-11H2,1-2H3. The molecule has 0 amide bonds. The molecule has 1 aliphatic heterocycles. The summed E-state index contributed by atoms with van der Waals surface area (Å²) in [6, 6.07) is 5.34. The van der Waals surface area contributed by atoms with E-state index < -0.39 is 0 Å². The fourth-order valence-corrected chi connectivity index (χ4v) is 3.87. The number of halogens is 1. The molecule has 28 heavy (non-hydrogen) atoms. The van der Waals surface area contributed by atoms with Gasteiger partial charge in [-0.3, -0.25) is 4.90 Å². The minimum Gasteiger partial charge on any atom is -0.467 e. The van der Waals surface area contributed by atoms with E-state index in [2.05, 4.69) is 24.8 Å². The summed E-state index contributed by atoms with van der Waals surface area (Å²) >= 11 is 0.